The van der Waals surface area contributed by atoms with Crippen molar-refractivity contribution in [2.75, 3.05) is 20.3 Å². The average Bonchev–Trinajstić information content (AvgIpc) is 2.73. The van der Waals surface area contributed by atoms with Gasteiger partial charge in [0.1, 0.15) is 0 Å². The topological polar surface area (TPSA) is 117 Å². The van der Waals surface area contributed by atoms with Gasteiger partial charge in [0.2, 0.25) is 10.0 Å². The van der Waals surface area contributed by atoms with Crippen LogP contribution < -0.4 is 5.56 Å². The minimum Gasteiger partial charge on any atom is -0.465 e. The molecule has 0 bridgehead atoms. The summed E-state index contributed by atoms with van der Waals surface area (Å²) in [5, 5.41) is 10.2. The number of H-pyrrole nitrogens is 1. The molecule has 1 aromatic heterocycles. The molecule has 0 saturated heterocycles. The maximum Gasteiger partial charge on any atom is 0.337 e. The molecule has 0 spiro atoms. The van der Waals surface area contributed by atoms with Crippen molar-refractivity contribution in [3.63, 3.8) is 0 Å². The number of nitrogens with one attached hydrogen (secondary N) is 1. The first kappa shape index (κ1) is 21.7. The van der Waals surface area contributed by atoms with E-state index in [0.717, 1.165) is 15.3 Å². The van der Waals surface area contributed by atoms with E-state index in [2.05, 4.69) is 9.72 Å². The molecule has 0 fully saturated rings. The number of aromatic amines is 1. The zero-order valence-electron chi connectivity index (χ0n) is 16.6. The van der Waals surface area contributed by atoms with Crippen LogP contribution in [0.3, 0.4) is 0 Å². The van der Waals surface area contributed by atoms with Gasteiger partial charge in [-0.1, -0.05) is 12.1 Å². The molecule has 0 unspecified atom stereocenters. The van der Waals surface area contributed by atoms with Gasteiger partial charge < -0.3 is 14.8 Å². The minimum atomic E-state index is -4.02. The van der Waals surface area contributed by atoms with Gasteiger partial charge in [-0.15, -0.1) is 0 Å². The summed E-state index contributed by atoms with van der Waals surface area (Å²) in [5.41, 5.74) is 1.73. The largest absolute Gasteiger partial charge is 0.465 e. The van der Waals surface area contributed by atoms with Crippen molar-refractivity contribution >= 4 is 26.9 Å². The highest BCUT2D eigenvalue weighted by atomic mass is 32.2. The Labute approximate surface area is 173 Å². The lowest BCUT2D eigenvalue weighted by Crippen LogP contribution is -2.35. The average molecular weight is 430 g/mol. The second-order valence-corrected chi connectivity index (χ2v) is 8.73. The van der Waals surface area contributed by atoms with Gasteiger partial charge in [0.15, 0.2) is 0 Å². The lowest BCUT2D eigenvalue weighted by atomic mass is 10.1. The first-order valence-corrected chi connectivity index (χ1v) is 10.6. The van der Waals surface area contributed by atoms with Crippen LogP contribution in [0.5, 0.6) is 0 Å². The fraction of sp³-hybridized carbons (Fsp3) is 0.238. The van der Waals surface area contributed by atoms with E-state index in [-0.39, 0.29) is 29.1 Å². The predicted octanol–water partition coefficient (Wildman–Crippen LogP) is 1.81. The highest BCUT2D eigenvalue weighted by Gasteiger charge is 2.25. The highest BCUT2D eigenvalue weighted by molar-refractivity contribution is 7.89. The number of aliphatic hydroxyl groups is 1. The van der Waals surface area contributed by atoms with Crippen molar-refractivity contribution in [3.8, 4) is 0 Å². The number of fused-ring (bicyclic) bond motifs is 1. The SMILES string of the molecule is COC(=O)c1ccc(S(=O)(=O)N(CCO)Cc2cc3ccc(C)cc3[nH]c2=O)cc1. The van der Waals surface area contributed by atoms with Crippen molar-refractivity contribution in [2.45, 2.75) is 18.4 Å². The van der Waals surface area contributed by atoms with E-state index in [9.17, 15) is 23.1 Å². The number of rotatable bonds is 7. The fourth-order valence-corrected chi connectivity index (χ4v) is 4.50. The molecule has 0 atom stereocenters. The summed E-state index contributed by atoms with van der Waals surface area (Å²) in [7, 11) is -2.78. The van der Waals surface area contributed by atoms with Gasteiger partial charge in [-0.3, -0.25) is 4.79 Å². The Bertz CT molecular complexity index is 1230. The molecule has 0 aliphatic carbocycles. The zero-order chi connectivity index (χ0) is 21.9. The summed E-state index contributed by atoms with van der Waals surface area (Å²) in [6, 6.07) is 12.5. The standard InChI is InChI=1S/C21H22N2O6S/c1-14-3-4-16-12-17(20(25)22-19(16)11-14)13-23(9-10-24)30(27,28)18-7-5-15(6-8-18)21(26)29-2/h3-8,11-12,24H,9-10,13H2,1-2H3,(H,22,25). The normalized spacial score (nSPS) is 11.7. The quantitative estimate of drug-likeness (QED) is 0.552. The molecule has 0 aliphatic rings. The summed E-state index contributed by atoms with van der Waals surface area (Å²) in [6.45, 7) is 1.10. The molecule has 9 heteroatoms. The second kappa shape index (κ2) is 8.78. The van der Waals surface area contributed by atoms with Crippen LogP contribution in [0, 0.1) is 6.92 Å². The van der Waals surface area contributed by atoms with Crippen molar-refractivity contribution in [1.29, 1.82) is 0 Å². The Balaban J connectivity index is 1.96. The van der Waals surface area contributed by atoms with Gasteiger partial charge in [-0.25, -0.2) is 13.2 Å². The maximum absolute atomic E-state index is 13.1. The van der Waals surface area contributed by atoms with Crippen molar-refractivity contribution in [3.05, 3.63) is 75.6 Å². The van der Waals surface area contributed by atoms with Crippen LogP contribution >= 0.6 is 0 Å². The molecule has 0 aliphatic heterocycles. The van der Waals surface area contributed by atoms with E-state index in [1.165, 1.54) is 31.4 Å². The van der Waals surface area contributed by atoms with Crippen molar-refractivity contribution < 1.29 is 23.1 Å². The number of nitrogens with zero attached hydrogens (tertiary/aromatic N) is 1. The molecule has 1 heterocycles. The molecule has 30 heavy (non-hydrogen) atoms. The van der Waals surface area contributed by atoms with Crippen molar-refractivity contribution in [2.24, 2.45) is 0 Å². The van der Waals surface area contributed by atoms with Gasteiger partial charge >= 0.3 is 5.97 Å². The van der Waals surface area contributed by atoms with Crippen LogP contribution in [-0.4, -0.2) is 49.0 Å². The monoisotopic (exact) mass is 430 g/mol. The van der Waals surface area contributed by atoms with Crippen LogP contribution in [-0.2, 0) is 21.3 Å². The number of hydrogen-bond acceptors (Lipinski definition) is 6. The van der Waals surface area contributed by atoms with Gasteiger partial charge in [-0.05, 0) is 54.3 Å². The molecular formula is C21H22N2O6S. The number of pyridine rings is 1. The summed E-state index contributed by atoms with van der Waals surface area (Å²) >= 11 is 0. The predicted molar refractivity (Wildman–Crippen MR) is 112 cm³/mol. The Morgan fingerprint density at radius 2 is 1.83 bits per heavy atom. The number of benzene rings is 2. The number of carbonyl (C=O) groups is 1. The summed E-state index contributed by atoms with van der Waals surface area (Å²) in [6.07, 6.45) is 0. The summed E-state index contributed by atoms with van der Waals surface area (Å²) in [4.78, 5) is 26.8. The zero-order valence-corrected chi connectivity index (χ0v) is 17.4. The van der Waals surface area contributed by atoms with Gasteiger partial charge in [0.25, 0.3) is 5.56 Å². The lowest BCUT2D eigenvalue weighted by Gasteiger charge is -2.21. The van der Waals surface area contributed by atoms with E-state index in [4.69, 9.17) is 0 Å². The molecule has 2 N–H and O–H groups in total. The third-order valence-corrected chi connectivity index (χ3v) is 6.55. The maximum atomic E-state index is 13.1. The van der Waals surface area contributed by atoms with E-state index < -0.39 is 28.2 Å². The molecule has 158 valence electrons. The number of ether oxygens (including phenoxy) is 1. The molecule has 3 rings (SSSR count). The minimum absolute atomic E-state index is 0.0588. The van der Waals surface area contributed by atoms with Crippen LogP contribution in [0.2, 0.25) is 0 Å². The van der Waals surface area contributed by atoms with E-state index in [0.29, 0.717) is 5.52 Å². The van der Waals surface area contributed by atoms with E-state index in [1.54, 1.807) is 6.07 Å². The molecule has 2 aromatic carbocycles. The van der Waals surface area contributed by atoms with E-state index in [1.807, 2.05) is 25.1 Å². The summed E-state index contributed by atoms with van der Waals surface area (Å²) in [5.74, 6) is -0.580. The van der Waals surface area contributed by atoms with Crippen LogP contribution in [0.25, 0.3) is 10.9 Å². The molecule has 0 amide bonds. The Hall–Kier alpha value is -3.01. The third kappa shape index (κ3) is 4.43. The van der Waals surface area contributed by atoms with Crippen LogP contribution in [0.4, 0.5) is 0 Å². The molecule has 3 aromatic rings. The number of sulfonamides is 1. The number of esters is 1. The van der Waals surface area contributed by atoms with Gasteiger partial charge in [0.05, 0.1) is 24.2 Å². The second-order valence-electron chi connectivity index (χ2n) is 6.79. The molecular weight excluding hydrogens is 408 g/mol. The van der Waals surface area contributed by atoms with Crippen LogP contribution in [0.15, 0.2) is 58.2 Å². The number of aromatic nitrogens is 1. The lowest BCUT2D eigenvalue weighted by molar-refractivity contribution is 0.0600. The van der Waals surface area contributed by atoms with Crippen molar-refractivity contribution in [1.82, 2.24) is 9.29 Å². The summed E-state index contributed by atoms with van der Waals surface area (Å²) < 4.78 is 31.8. The van der Waals surface area contributed by atoms with E-state index >= 15 is 0 Å². The number of aryl methyl sites for hydroxylation is 1. The first-order valence-electron chi connectivity index (χ1n) is 9.18. The number of carbonyl (C=O) groups excluding carboxylic acids is 1. The molecule has 0 saturated carbocycles. The smallest absolute Gasteiger partial charge is 0.337 e. The number of hydrogen-bond donors (Lipinski definition) is 2. The Morgan fingerprint density at radius 1 is 1.13 bits per heavy atom. The van der Waals surface area contributed by atoms with Crippen LogP contribution in [0.1, 0.15) is 21.5 Å². The highest BCUT2D eigenvalue weighted by Crippen LogP contribution is 2.20. The number of methoxy groups -OCH3 is 1. The van der Waals surface area contributed by atoms with Gasteiger partial charge in [0, 0.05) is 24.2 Å². The Kier molecular flexibility index (Phi) is 6.35. The Morgan fingerprint density at radius 3 is 2.47 bits per heavy atom. The first-order chi connectivity index (χ1) is 14.3. The molecule has 0 radical (unpaired) electrons. The third-order valence-electron chi connectivity index (χ3n) is 4.69. The molecule has 8 nitrogen and oxygen atoms in total. The number of aliphatic hydroxyl groups excluding tert-OH is 1. The van der Waals surface area contributed by atoms with Gasteiger partial charge in [-0.2, -0.15) is 4.31 Å². The fourth-order valence-electron chi connectivity index (χ4n) is 3.09.